The second-order valence-electron chi connectivity index (χ2n) is 6.79. The summed E-state index contributed by atoms with van der Waals surface area (Å²) in [5.74, 6) is -0.0123. The lowest BCUT2D eigenvalue weighted by Crippen LogP contribution is -2.28. The lowest BCUT2D eigenvalue weighted by molar-refractivity contribution is -0.118. The normalized spacial score (nSPS) is 17.5. The summed E-state index contributed by atoms with van der Waals surface area (Å²) >= 11 is 0. The Labute approximate surface area is 148 Å². The van der Waals surface area contributed by atoms with Gasteiger partial charge in [0.05, 0.1) is 0 Å². The number of hydrogen-bond acceptors (Lipinski definition) is 3. The summed E-state index contributed by atoms with van der Waals surface area (Å²) in [5.41, 5.74) is 4.39. The van der Waals surface area contributed by atoms with Crippen LogP contribution < -0.4 is 4.90 Å². The van der Waals surface area contributed by atoms with Gasteiger partial charge in [-0.15, -0.1) is 0 Å². The van der Waals surface area contributed by atoms with E-state index in [1.807, 2.05) is 23.1 Å². The molecular formula is C21H23NO3. The lowest BCUT2D eigenvalue weighted by atomic mass is 9.84. The molecule has 0 bridgehead atoms. The highest BCUT2D eigenvalue weighted by Gasteiger charge is 2.28. The molecule has 1 heterocycles. The smallest absolute Gasteiger partial charge is 0.227 e. The molecule has 4 nitrogen and oxygen atoms in total. The number of anilines is 1. The summed E-state index contributed by atoms with van der Waals surface area (Å²) in [6.07, 6.45) is 2.33. The standard InChI is InChI=1S/C21H23NO3/c1-13-14(2)21(25)17(15(3)20(13)24)8-6-10-19(23)22-12-11-16-7-4-5-9-18(16)22/h4-5,7,9H,6,8,10-12H2,1-3H3. The second kappa shape index (κ2) is 6.79. The number of allylic oxidation sites excluding steroid dienone is 4. The van der Waals surface area contributed by atoms with Gasteiger partial charge in [0, 0.05) is 40.9 Å². The van der Waals surface area contributed by atoms with E-state index in [2.05, 4.69) is 6.07 Å². The van der Waals surface area contributed by atoms with Crippen LogP contribution in [0.15, 0.2) is 46.6 Å². The van der Waals surface area contributed by atoms with E-state index in [1.54, 1.807) is 20.8 Å². The predicted octanol–water partition coefficient (Wildman–Crippen LogP) is 3.55. The molecule has 0 N–H and O–H groups in total. The van der Waals surface area contributed by atoms with Crippen LogP contribution in [0.5, 0.6) is 0 Å². The van der Waals surface area contributed by atoms with E-state index < -0.39 is 0 Å². The molecule has 0 spiro atoms. The summed E-state index contributed by atoms with van der Waals surface area (Å²) in [7, 11) is 0. The maximum absolute atomic E-state index is 12.5. The fourth-order valence-corrected chi connectivity index (χ4v) is 3.61. The molecule has 0 atom stereocenters. The van der Waals surface area contributed by atoms with Gasteiger partial charge in [-0.05, 0) is 51.7 Å². The topological polar surface area (TPSA) is 54.5 Å². The number of carbonyl (C=O) groups excluding carboxylic acids is 3. The highest BCUT2D eigenvalue weighted by atomic mass is 16.2. The van der Waals surface area contributed by atoms with Crippen molar-refractivity contribution in [2.24, 2.45) is 0 Å². The van der Waals surface area contributed by atoms with Crippen LogP contribution in [0.1, 0.15) is 45.6 Å². The molecule has 4 heteroatoms. The fourth-order valence-electron chi connectivity index (χ4n) is 3.61. The van der Waals surface area contributed by atoms with Gasteiger partial charge in [0.2, 0.25) is 5.91 Å². The maximum atomic E-state index is 12.5. The van der Waals surface area contributed by atoms with E-state index in [4.69, 9.17) is 0 Å². The van der Waals surface area contributed by atoms with E-state index in [-0.39, 0.29) is 17.5 Å². The van der Waals surface area contributed by atoms with Crippen LogP contribution in [0.2, 0.25) is 0 Å². The van der Waals surface area contributed by atoms with E-state index in [9.17, 15) is 14.4 Å². The Morgan fingerprint density at radius 2 is 1.68 bits per heavy atom. The largest absolute Gasteiger partial charge is 0.312 e. The van der Waals surface area contributed by atoms with Gasteiger partial charge in [0.25, 0.3) is 0 Å². The van der Waals surface area contributed by atoms with Gasteiger partial charge in [-0.1, -0.05) is 18.2 Å². The molecule has 2 aliphatic rings. The minimum Gasteiger partial charge on any atom is -0.312 e. The molecular weight excluding hydrogens is 314 g/mol. The third-order valence-corrected chi connectivity index (χ3v) is 5.32. The van der Waals surface area contributed by atoms with E-state index >= 15 is 0 Å². The zero-order valence-corrected chi connectivity index (χ0v) is 15.0. The highest BCUT2D eigenvalue weighted by molar-refractivity contribution is 6.24. The zero-order valence-electron chi connectivity index (χ0n) is 15.0. The van der Waals surface area contributed by atoms with Crippen molar-refractivity contribution in [3.63, 3.8) is 0 Å². The molecule has 3 rings (SSSR count). The van der Waals surface area contributed by atoms with Crippen molar-refractivity contribution in [1.29, 1.82) is 0 Å². The Balaban J connectivity index is 1.63. The Morgan fingerprint density at radius 1 is 1.00 bits per heavy atom. The third-order valence-electron chi connectivity index (χ3n) is 5.32. The summed E-state index contributed by atoms with van der Waals surface area (Å²) in [6.45, 7) is 5.83. The molecule has 0 saturated heterocycles. The molecule has 1 aromatic rings. The average Bonchev–Trinajstić information content (AvgIpc) is 3.05. The lowest BCUT2D eigenvalue weighted by Gasteiger charge is -2.20. The maximum Gasteiger partial charge on any atom is 0.227 e. The number of benzene rings is 1. The van der Waals surface area contributed by atoms with E-state index in [1.165, 1.54) is 5.56 Å². The van der Waals surface area contributed by atoms with Crippen LogP contribution in [-0.4, -0.2) is 24.0 Å². The number of rotatable bonds is 4. The summed E-state index contributed by atoms with van der Waals surface area (Å²) < 4.78 is 0. The molecule has 130 valence electrons. The number of amides is 1. The van der Waals surface area contributed by atoms with Gasteiger partial charge in [0.1, 0.15) is 0 Å². The average molecular weight is 337 g/mol. The fraction of sp³-hybridized carbons (Fsp3) is 0.381. The Kier molecular flexibility index (Phi) is 4.71. The predicted molar refractivity (Wildman–Crippen MR) is 97.4 cm³/mol. The number of para-hydroxylation sites is 1. The Hall–Kier alpha value is -2.49. The van der Waals surface area contributed by atoms with Crippen molar-refractivity contribution < 1.29 is 14.4 Å². The van der Waals surface area contributed by atoms with E-state index in [0.717, 1.165) is 18.7 Å². The van der Waals surface area contributed by atoms with Gasteiger partial charge in [-0.25, -0.2) is 0 Å². The molecule has 25 heavy (non-hydrogen) atoms. The van der Waals surface area contributed by atoms with Crippen molar-refractivity contribution in [2.45, 2.75) is 46.5 Å². The number of hydrogen-bond donors (Lipinski definition) is 0. The molecule has 0 fully saturated rings. The monoisotopic (exact) mass is 337 g/mol. The van der Waals surface area contributed by atoms with Crippen molar-refractivity contribution in [3.8, 4) is 0 Å². The third kappa shape index (κ3) is 3.09. The molecule has 1 aliphatic heterocycles. The van der Waals surface area contributed by atoms with Crippen LogP contribution in [-0.2, 0) is 20.8 Å². The second-order valence-corrected chi connectivity index (χ2v) is 6.79. The van der Waals surface area contributed by atoms with Crippen molar-refractivity contribution in [2.75, 3.05) is 11.4 Å². The van der Waals surface area contributed by atoms with Crippen LogP contribution in [0.25, 0.3) is 0 Å². The molecule has 1 amide bonds. The summed E-state index contributed by atoms with van der Waals surface area (Å²) in [4.78, 5) is 39.0. The van der Waals surface area contributed by atoms with Gasteiger partial charge in [-0.3, -0.25) is 14.4 Å². The first-order valence-electron chi connectivity index (χ1n) is 8.76. The number of fused-ring (bicyclic) bond motifs is 1. The van der Waals surface area contributed by atoms with Gasteiger partial charge >= 0.3 is 0 Å². The zero-order chi connectivity index (χ0) is 18.1. The minimum atomic E-state index is -0.0492. The van der Waals surface area contributed by atoms with Crippen molar-refractivity contribution in [3.05, 3.63) is 52.1 Å². The number of ketones is 2. The molecule has 0 radical (unpaired) electrons. The van der Waals surface area contributed by atoms with E-state index in [0.29, 0.717) is 41.6 Å². The quantitative estimate of drug-likeness (QED) is 0.790. The van der Waals surface area contributed by atoms with Crippen LogP contribution in [0.4, 0.5) is 5.69 Å². The highest BCUT2D eigenvalue weighted by Crippen LogP contribution is 2.30. The Morgan fingerprint density at radius 3 is 2.44 bits per heavy atom. The van der Waals surface area contributed by atoms with Crippen LogP contribution >= 0.6 is 0 Å². The van der Waals surface area contributed by atoms with Crippen molar-refractivity contribution >= 4 is 23.2 Å². The van der Waals surface area contributed by atoms with Crippen molar-refractivity contribution in [1.82, 2.24) is 0 Å². The molecule has 0 unspecified atom stereocenters. The van der Waals surface area contributed by atoms with Gasteiger partial charge in [-0.2, -0.15) is 0 Å². The van der Waals surface area contributed by atoms with Crippen LogP contribution in [0, 0.1) is 0 Å². The first-order chi connectivity index (χ1) is 11.9. The van der Waals surface area contributed by atoms with Gasteiger partial charge < -0.3 is 4.90 Å². The first kappa shape index (κ1) is 17.3. The molecule has 0 saturated carbocycles. The number of Topliss-reactive ketones (excluding diaryl/α,β-unsaturated/α-hetero) is 2. The molecule has 0 aromatic heterocycles. The van der Waals surface area contributed by atoms with Crippen LogP contribution in [0.3, 0.4) is 0 Å². The Bertz CT molecular complexity index is 829. The summed E-state index contributed by atoms with van der Waals surface area (Å²) in [5, 5.41) is 0. The number of carbonyl (C=O) groups is 3. The molecule has 1 aromatic carbocycles. The minimum absolute atomic E-state index is 0.0476. The SMILES string of the molecule is CC1=C(C)C(=O)C(CCCC(=O)N2CCc3ccccc32)=C(C)C1=O. The number of nitrogens with zero attached hydrogens (tertiary/aromatic N) is 1. The summed E-state index contributed by atoms with van der Waals surface area (Å²) in [6, 6.07) is 7.97. The van der Waals surface area contributed by atoms with Gasteiger partial charge in [0.15, 0.2) is 11.6 Å². The molecule has 1 aliphatic carbocycles. The first-order valence-corrected chi connectivity index (χ1v) is 8.76.